The van der Waals surface area contributed by atoms with Crippen molar-refractivity contribution in [1.29, 1.82) is 0 Å². The molecular formula is C5H8F3OS+. The third-order valence-corrected chi connectivity index (χ3v) is 1.73. The Balaban J connectivity index is 3.29. The number of ketones is 1. The lowest BCUT2D eigenvalue weighted by atomic mass is 10.5. The first kappa shape index (κ1) is 9.81. The molecule has 60 valence electrons. The molecule has 0 fully saturated rings. The lowest BCUT2D eigenvalue weighted by Crippen LogP contribution is -2.12. The summed E-state index contributed by atoms with van der Waals surface area (Å²) in [4.78, 5) is 8.48. The molecule has 10 heavy (non-hydrogen) atoms. The van der Waals surface area contributed by atoms with Crippen LogP contribution < -0.4 is 0 Å². The largest absolute Gasteiger partial charge is 0.397 e. The van der Waals surface area contributed by atoms with E-state index in [1.165, 1.54) is 6.92 Å². The lowest BCUT2D eigenvalue weighted by molar-refractivity contribution is -0.105. The van der Waals surface area contributed by atoms with Crippen molar-refractivity contribution in [2.24, 2.45) is 0 Å². The Hall–Kier alpha value is -0.190. The summed E-state index contributed by atoms with van der Waals surface area (Å²) in [6.07, 6.45) is -4.12. The van der Waals surface area contributed by atoms with Crippen molar-refractivity contribution in [3.63, 3.8) is 0 Å². The first-order chi connectivity index (χ1) is 4.42. The predicted octanol–water partition coefficient (Wildman–Crippen LogP) is 1.85. The number of hydrogen-bond acceptors (Lipinski definition) is 1. The van der Waals surface area contributed by atoms with Gasteiger partial charge in [0.25, 0.3) is 5.78 Å². The van der Waals surface area contributed by atoms with Gasteiger partial charge in [-0.1, -0.05) is 0 Å². The quantitative estimate of drug-likeness (QED) is 0.597. The van der Waals surface area contributed by atoms with Crippen molar-refractivity contribution < 1.29 is 18.0 Å². The predicted molar refractivity (Wildman–Crippen MR) is 36.0 cm³/mol. The van der Waals surface area contributed by atoms with Crippen LogP contribution in [0.15, 0.2) is 0 Å². The Morgan fingerprint density at radius 2 is 2.00 bits per heavy atom. The van der Waals surface area contributed by atoms with E-state index in [4.69, 9.17) is 4.79 Å². The molecule has 0 aromatic rings. The fraction of sp³-hybridized carbons (Fsp3) is 0.800. The summed E-state index contributed by atoms with van der Waals surface area (Å²) in [6, 6.07) is 0. The second-order valence-electron chi connectivity index (χ2n) is 1.84. The second-order valence-corrected chi connectivity index (χ2v) is 2.83. The van der Waals surface area contributed by atoms with E-state index in [0.29, 0.717) is 11.8 Å². The summed E-state index contributed by atoms with van der Waals surface area (Å²) >= 11 is 0.656. The standard InChI is InChI=1S/C5H7F3OS/c1-4(9)2-10-3-5(6,7)8/h2-3H2,1H3/p+1. The Bertz CT molecular complexity index is 121. The zero-order valence-electron chi connectivity index (χ0n) is 5.40. The van der Waals surface area contributed by atoms with Gasteiger partial charge in [0.15, 0.2) is 0 Å². The van der Waals surface area contributed by atoms with Gasteiger partial charge in [-0.25, -0.2) is 0 Å². The summed E-state index contributed by atoms with van der Waals surface area (Å²) in [5.74, 6) is -0.820. The SMILES string of the molecule is CC(=[OH+])CSCC(F)(F)F. The molecule has 0 bridgehead atoms. The average Bonchev–Trinajstić information content (AvgIpc) is 1.59. The third-order valence-electron chi connectivity index (χ3n) is 0.577. The Morgan fingerprint density at radius 1 is 1.50 bits per heavy atom. The van der Waals surface area contributed by atoms with Gasteiger partial charge >= 0.3 is 6.18 Å². The summed E-state index contributed by atoms with van der Waals surface area (Å²) in [7, 11) is 0. The van der Waals surface area contributed by atoms with Gasteiger partial charge in [-0.05, 0) is 0 Å². The Labute approximate surface area is 61.0 Å². The highest BCUT2D eigenvalue weighted by molar-refractivity contribution is 8.00. The van der Waals surface area contributed by atoms with Crippen LogP contribution in [0, 0.1) is 0 Å². The van der Waals surface area contributed by atoms with Gasteiger partial charge in [0.1, 0.15) is 5.75 Å². The van der Waals surface area contributed by atoms with Gasteiger partial charge in [0.2, 0.25) is 0 Å². The molecule has 0 aliphatic heterocycles. The molecular weight excluding hydrogens is 165 g/mol. The molecule has 0 unspecified atom stereocenters. The summed E-state index contributed by atoms with van der Waals surface area (Å²) in [5, 5.41) is 0. The molecule has 0 aliphatic carbocycles. The van der Waals surface area contributed by atoms with Gasteiger partial charge in [0.05, 0.1) is 5.75 Å². The fourth-order valence-corrected chi connectivity index (χ4v) is 0.943. The number of thioether (sulfide) groups is 1. The molecule has 0 atom stereocenters. The van der Waals surface area contributed by atoms with Gasteiger partial charge in [-0.3, -0.25) is 4.79 Å². The molecule has 0 saturated carbocycles. The van der Waals surface area contributed by atoms with E-state index in [1.807, 2.05) is 0 Å². The van der Waals surface area contributed by atoms with Crippen molar-refractivity contribution >= 4 is 17.5 Å². The molecule has 0 radical (unpaired) electrons. The number of rotatable bonds is 3. The molecule has 0 saturated heterocycles. The zero-order valence-corrected chi connectivity index (χ0v) is 6.22. The maximum Gasteiger partial charge on any atom is 0.397 e. The van der Waals surface area contributed by atoms with E-state index in [2.05, 4.69) is 0 Å². The molecule has 0 aromatic heterocycles. The van der Waals surface area contributed by atoms with E-state index in [0.717, 1.165) is 0 Å². The summed E-state index contributed by atoms with van der Waals surface area (Å²) in [6.45, 7) is 1.38. The van der Waals surface area contributed by atoms with Gasteiger partial charge in [-0.2, -0.15) is 13.2 Å². The molecule has 0 spiro atoms. The van der Waals surface area contributed by atoms with E-state index in [-0.39, 0.29) is 11.5 Å². The highest BCUT2D eigenvalue weighted by Gasteiger charge is 2.27. The van der Waals surface area contributed by atoms with E-state index in [1.54, 1.807) is 0 Å². The molecule has 0 amide bonds. The van der Waals surface area contributed by atoms with Gasteiger partial charge < -0.3 is 0 Å². The maximum atomic E-state index is 11.4. The molecule has 0 aliphatic rings. The Kier molecular flexibility index (Phi) is 3.78. The minimum absolute atomic E-state index is 0.0225. The fourth-order valence-electron chi connectivity index (χ4n) is 0.314. The molecule has 0 aromatic carbocycles. The van der Waals surface area contributed by atoms with Crippen LogP contribution in [-0.4, -0.2) is 28.3 Å². The number of halogens is 3. The van der Waals surface area contributed by atoms with E-state index >= 15 is 0 Å². The van der Waals surface area contributed by atoms with Crippen LogP contribution in [0.5, 0.6) is 0 Å². The van der Waals surface area contributed by atoms with Crippen molar-refractivity contribution in [3.8, 4) is 0 Å². The Morgan fingerprint density at radius 3 is 2.30 bits per heavy atom. The number of alkyl halides is 3. The first-order valence-corrected chi connectivity index (χ1v) is 3.73. The van der Waals surface area contributed by atoms with Crippen molar-refractivity contribution in [2.45, 2.75) is 13.1 Å². The molecule has 1 N–H and O–H groups in total. The number of hydrogen-bond donors (Lipinski definition) is 0. The summed E-state index contributed by atoms with van der Waals surface area (Å²) in [5.41, 5.74) is 0. The third kappa shape index (κ3) is 7.81. The van der Waals surface area contributed by atoms with Crippen LogP contribution in [0.25, 0.3) is 0 Å². The molecule has 0 rings (SSSR count). The zero-order chi connectivity index (χ0) is 8.20. The van der Waals surface area contributed by atoms with Crippen LogP contribution in [0.1, 0.15) is 6.92 Å². The first-order valence-electron chi connectivity index (χ1n) is 2.58. The minimum Gasteiger partial charge on any atom is -0.283 e. The highest BCUT2D eigenvalue weighted by atomic mass is 32.2. The van der Waals surface area contributed by atoms with Crippen LogP contribution >= 0.6 is 11.8 Å². The minimum atomic E-state index is -4.12. The monoisotopic (exact) mass is 173 g/mol. The highest BCUT2D eigenvalue weighted by Crippen LogP contribution is 2.20. The van der Waals surface area contributed by atoms with Crippen LogP contribution in [0.2, 0.25) is 0 Å². The van der Waals surface area contributed by atoms with Crippen molar-refractivity contribution in [3.05, 3.63) is 0 Å². The topological polar surface area (TPSA) is 21.4 Å². The second kappa shape index (κ2) is 3.85. The average molecular weight is 173 g/mol. The normalized spacial score (nSPS) is 11.6. The van der Waals surface area contributed by atoms with Gasteiger partial charge in [-0.15, -0.1) is 11.8 Å². The van der Waals surface area contributed by atoms with Gasteiger partial charge in [0, 0.05) is 6.92 Å². The lowest BCUT2D eigenvalue weighted by Gasteiger charge is -2.01. The summed E-state index contributed by atoms with van der Waals surface area (Å²) < 4.78 is 34.2. The van der Waals surface area contributed by atoms with Crippen LogP contribution in [-0.2, 0) is 0 Å². The molecule has 1 nitrogen and oxygen atoms in total. The van der Waals surface area contributed by atoms with E-state index in [9.17, 15) is 13.2 Å². The molecule has 0 heterocycles. The number of carbonyl (C=O) groups excluding carboxylic acids is 1. The van der Waals surface area contributed by atoms with E-state index < -0.39 is 11.9 Å². The maximum absolute atomic E-state index is 11.4. The van der Waals surface area contributed by atoms with Crippen LogP contribution in [0.3, 0.4) is 0 Å². The van der Waals surface area contributed by atoms with Crippen molar-refractivity contribution in [2.75, 3.05) is 11.5 Å². The van der Waals surface area contributed by atoms with Crippen LogP contribution in [0.4, 0.5) is 13.2 Å². The smallest absolute Gasteiger partial charge is 0.283 e. The molecule has 5 heteroatoms. The van der Waals surface area contributed by atoms with Crippen molar-refractivity contribution in [1.82, 2.24) is 0 Å².